The molecule has 1 aliphatic carbocycles. The van der Waals surface area contributed by atoms with Crippen LogP contribution in [-0.2, 0) is 0 Å². The van der Waals surface area contributed by atoms with Crippen molar-refractivity contribution in [1.29, 1.82) is 0 Å². The molecule has 3 rings (SSSR count). The highest BCUT2D eigenvalue weighted by Crippen LogP contribution is 2.64. The minimum absolute atomic E-state index is 0.398. The average molecular weight is 265 g/mol. The molecular weight excluding hydrogens is 234 g/mol. The summed E-state index contributed by atoms with van der Waals surface area (Å²) in [5.74, 6) is 0.918. The van der Waals surface area contributed by atoms with Crippen LogP contribution in [0.3, 0.4) is 0 Å². The number of nitrogens with one attached hydrogen (secondary N) is 1. The molecule has 1 saturated carbocycles. The largest absolute Gasteiger partial charge is 0.314 e. The summed E-state index contributed by atoms with van der Waals surface area (Å²) in [7, 11) is 0. The molecule has 2 atom stereocenters. The molecule has 2 heterocycles. The topological polar surface area (TPSA) is 18.5 Å². The van der Waals surface area contributed by atoms with E-state index in [-0.39, 0.29) is 0 Å². The van der Waals surface area contributed by atoms with Gasteiger partial charge in [-0.25, -0.2) is 0 Å². The second-order valence-electron chi connectivity index (χ2n) is 7.82. The fourth-order valence-corrected chi connectivity index (χ4v) is 4.63. The molecule has 0 bridgehead atoms. The molecule has 0 amide bonds. The van der Waals surface area contributed by atoms with Gasteiger partial charge in [0.1, 0.15) is 0 Å². The van der Waals surface area contributed by atoms with Gasteiger partial charge in [-0.2, -0.15) is 0 Å². The molecule has 1 spiro atoms. The van der Waals surface area contributed by atoms with Gasteiger partial charge in [0.25, 0.3) is 0 Å². The van der Waals surface area contributed by atoms with Crippen molar-refractivity contribution < 1.29 is 0 Å². The molecule has 0 aromatic carbocycles. The van der Waals surface area contributed by atoms with Crippen LogP contribution in [0, 0.1) is 11.3 Å². The third kappa shape index (κ3) is 2.34. The Morgan fingerprint density at radius 3 is 2.42 bits per heavy atom. The molecule has 0 aromatic rings. The lowest BCUT2D eigenvalue weighted by Gasteiger charge is -2.43. The van der Waals surface area contributed by atoms with Crippen molar-refractivity contribution in [2.24, 2.45) is 11.3 Å². The van der Waals surface area contributed by atoms with Crippen LogP contribution in [0.1, 0.15) is 40.5 Å². The standard InChI is InChI=1S/C16H31N3/c1-13(2)18-8-5-16(12-18)11-14(16)15(3,4)19-9-6-17-7-10-19/h13-14,17H,5-12H2,1-4H3. The maximum Gasteiger partial charge on any atom is 0.0188 e. The molecule has 2 unspecified atom stereocenters. The molecule has 0 aromatic heterocycles. The third-order valence-corrected chi connectivity index (χ3v) is 6.12. The first-order valence-electron chi connectivity index (χ1n) is 8.15. The van der Waals surface area contributed by atoms with Crippen LogP contribution >= 0.6 is 0 Å². The summed E-state index contributed by atoms with van der Waals surface area (Å²) in [6.45, 7) is 17.2. The molecule has 0 radical (unpaired) electrons. The van der Waals surface area contributed by atoms with Crippen molar-refractivity contribution in [2.45, 2.75) is 52.1 Å². The molecule has 110 valence electrons. The van der Waals surface area contributed by atoms with Crippen molar-refractivity contribution >= 4 is 0 Å². The minimum Gasteiger partial charge on any atom is -0.314 e. The van der Waals surface area contributed by atoms with Gasteiger partial charge >= 0.3 is 0 Å². The fraction of sp³-hybridized carbons (Fsp3) is 1.00. The third-order valence-electron chi connectivity index (χ3n) is 6.12. The van der Waals surface area contributed by atoms with E-state index >= 15 is 0 Å². The maximum atomic E-state index is 3.48. The van der Waals surface area contributed by atoms with E-state index in [4.69, 9.17) is 0 Å². The highest BCUT2D eigenvalue weighted by atomic mass is 15.3. The second-order valence-corrected chi connectivity index (χ2v) is 7.82. The predicted octanol–water partition coefficient (Wildman–Crippen LogP) is 1.79. The minimum atomic E-state index is 0.398. The molecule has 2 saturated heterocycles. The summed E-state index contributed by atoms with van der Waals surface area (Å²) in [5, 5.41) is 3.48. The number of rotatable bonds is 3. The molecule has 1 N–H and O–H groups in total. The molecule has 3 nitrogen and oxygen atoms in total. The Balaban J connectivity index is 1.65. The fourth-order valence-electron chi connectivity index (χ4n) is 4.63. The van der Waals surface area contributed by atoms with Crippen LogP contribution in [0.25, 0.3) is 0 Å². The first kappa shape index (κ1) is 13.8. The maximum absolute atomic E-state index is 3.48. The zero-order valence-electron chi connectivity index (χ0n) is 13.2. The Bertz CT molecular complexity index is 333. The van der Waals surface area contributed by atoms with Crippen molar-refractivity contribution in [3.63, 3.8) is 0 Å². The van der Waals surface area contributed by atoms with Crippen molar-refractivity contribution in [3.05, 3.63) is 0 Å². The van der Waals surface area contributed by atoms with Gasteiger partial charge in [-0.3, -0.25) is 4.90 Å². The summed E-state index contributed by atoms with van der Waals surface area (Å²) in [5.41, 5.74) is 1.06. The molecule has 3 fully saturated rings. The van der Waals surface area contributed by atoms with Crippen molar-refractivity contribution in [3.8, 4) is 0 Å². The summed E-state index contributed by atoms with van der Waals surface area (Å²) >= 11 is 0. The summed E-state index contributed by atoms with van der Waals surface area (Å²) in [4.78, 5) is 5.43. The number of nitrogens with zero attached hydrogens (tertiary/aromatic N) is 2. The van der Waals surface area contributed by atoms with Crippen LogP contribution in [-0.4, -0.2) is 60.6 Å². The number of hydrogen-bond donors (Lipinski definition) is 1. The van der Waals surface area contributed by atoms with Gasteiger partial charge in [0.2, 0.25) is 0 Å². The van der Waals surface area contributed by atoms with Gasteiger partial charge < -0.3 is 10.2 Å². The normalized spacial score (nSPS) is 37.4. The Morgan fingerprint density at radius 1 is 1.16 bits per heavy atom. The molecule has 19 heavy (non-hydrogen) atoms. The zero-order chi connectivity index (χ0) is 13.7. The highest BCUT2D eigenvalue weighted by Gasteiger charge is 2.63. The molecule has 2 aliphatic heterocycles. The summed E-state index contributed by atoms with van der Waals surface area (Å²) in [6.07, 6.45) is 2.90. The van der Waals surface area contributed by atoms with Gasteiger partial charge in [-0.05, 0) is 58.4 Å². The van der Waals surface area contributed by atoms with E-state index in [1.54, 1.807) is 0 Å². The SMILES string of the molecule is CC(C)N1CCC2(CC2C(C)(C)N2CCNCC2)C1. The van der Waals surface area contributed by atoms with E-state index in [9.17, 15) is 0 Å². The van der Waals surface area contributed by atoms with Gasteiger partial charge in [0, 0.05) is 44.3 Å². The average Bonchev–Trinajstić information content (AvgIpc) is 2.92. The van der Waals surface area contributed by atoms with E-state index in [0.29, 0.717) is 11.0 Å². The van der Waals surface area contributed by atoms with Crippen LogP contribution < -0.4 is 5.32 Å². The van der Waals surface area contributed by atoms with Crippen LogP contribution in [0.5, 0.6) is 0 Å². The van der Waals surface area contributed by atoms with E-state index in [2.05, 4.69) is 42.8 Å². The van der Waals surface area contributed by atoms with E-state index in [0.717, 1.165) is 12.0 Å². The van der Waals surface area contributed by atoms with Crippen LogP contribution in [0.4, 0.5) is 0 Å². The number of piperazine rings is 1. The zero-order valence-corrected chi connectivity index (χ0v) is 13.2. The summed E-state index contributed by atoms with van der Waals surface area (Å²) < 4.78 is 0. The molecule has 3 heteroatoms. The van der Waals surface area contributed by atoms with Crippen LogP contribution in [0.2, 0.25) is 0 Å². The predicted molar refractivity (Wildman–Crippen MR) is 80.4 cm³/mol. The monoisotopic (exact) mass is 265 g/mol. The van der Waals surface area contributed by atoms with Crippen molar-refractivity contribution in [2.75, 3.05) is 39.3 Å². The Hall–Kier alpha value is -0.120. The summed E-state index contributed by atoms with van der Waals surface area (Å²) in [6, 6.07) is 0.725. The lowest BCUT2D eigenvalue weighted by Crippen LogP contribution is -2.55. The lowest BCUT2D eigenvalue weighted by molar-refractivity contribution is 0.0704. The quantitative estimate of drug-likeness (QED) is 0.839. The first-order chi connectivity index (χ1) is 8.96. The second kappa shape index (κ2) is 4.71. The first-order valence-corrected chi connectivity index (χ1v) is 8.15. The van der Waals surface area contributed by atoms with Gasteiger partial charge in [-0.1, -0.05) is 0 Å². The van der Waals surface area contributed by atoms with E-state index in [1.165, 1.54) is 52.1 Å². The highest BCUT2D eigenvalue weighted by molar-refractivity contribution is 5.15. The lowest BCUT2D eigenvalue weighted by atomic mass is 9.88. The van der Waals surface area contributed by atoms with Gasteiger partial charge in [0.15, 0.2) is 0 Å². The Labute approximate surface area is 118 Å². The Kier molecular flexibility index (Phi) is 3.43. The van der Waals surface area contributed by atoms with Crippen LogP contribution in [0.15, 0.2) is 0 Å². The smallest absolute Gasteiger partial charge is 0.0188 e. The number of likely N-dealkylation sites (tertiary alicyclic amines) is 1. The van der Waals surface area contributed by atoms with E-state index < -0.39 is 0 Å². The molecular formula is C16H31N3. The Morgan fingerprint density at radius 2 is 1.84 bits per heavy atom. The van der Waals surface area contributed by atoms with Crippen molar-refractivity contribution in [1.82, 2.24) is 15.1 Å². The van der Waals surface area contributed by atoms with Gasteiger partial charge in [0.05, 0.1) is 0 Å². The van der Waals surface area contributed by atoms with Gasteiger partial charge in [-0.15, -0.1) is 0 Å². The molecule has 3 aliphatic rings. The number of hydrogen-bond acceptors (Lipinski definition) is 3. The van der Waals surface area contributed by atoms with E-state index in [1.807, 2.05) is 0 Å².